The Bertz CT molecular complexity index is 1500. The zero-order valence-electron chi connectivity index (χ0n) is 22.6. The van der Waals surface area contributed by atoms with Gasteiger partial charge in [0.15, 0.2) is 0 Å². The number of para-hydroxylation sites is 1. The summed E-state index contributed by atoms with van der Waals surface area (Å²) in [5.41, 5.74) is 2.48. The summed E-state index contributed by atoms with van der Waals surface area (Å²) in [5.74, 6) is 0.00593. The average molecular weight is 535 g/mol. The monoisotopic (exact) mass is 534 g/mol. The summed E-state index contributed by atoms with van der Waals surface area (Å²) in [6.07, 6.45) is 9.43. The van der Waals surface area contributed by atoms with Gasteiger partial charge in [0.2, 0.25) is 5.91 Å². The third kappa shape index (κ3) is 6.15. The number of hydrogen-bond donors (Lipinski definition) is 4. The summed E-state index contributed by atoms with van der Waals surface area (Å²) in [4.78, 5) is 35.3. The SMILES string of the molecule is CC(Cc1c[nH]c2ccccc12)(NC(=O)Nc1ccc(C#N)cc1)C(=O)NC(c1ccccn1)C1CCCCC1. The van der Waals surface area contributed by atoms with Crippen molar-refractivity contribution >= 4 is 28.5 Å². The van der Waals surface area contributed by atoms with E-state index in [1.807, 2.05) is 48.7 Å². The van der Waals surface area contributed by atoms with Gasteiger partial charge in [0, 0.05) is 35.4 Å². The number of carbonyl (C=O) groups is 2. The number of nitrogens with zero attached hydrogens (tertiary/aromatic N) is 2. The first kappa shape index (κ1) is 26.9. The molecule has 5 rings (SSSR count). The molecular formula is C32H34N6O2. The first-order chi connectivity index (χ1) is 19.4. The second-order valence-corrected chi connectivity index (χ2v) is 10.7. The lowest BCUT2D eigenvalue weighted by atomic mass is 9.81. The predicted octanol–water partition coefficient (Wildman–Crippen LogP) is 6.00. The Labute approximate surface area is 234 Å². The molecule has 2 atom stereocenters. The molecule has 2 aromatic carbocycles. The molecule has 204 valence electrons. The van der Waals surface area contributed by atoms with Crippen LogP contribution < -0.4 is 16.0 Å². The molecule has 0 aliphatic heterocycles. The van der Waals surface area contributed by atoms with Crippen molar-refractivity contribution in [2.45, 2.75) is 57.0 Å². The molecule has 1 fully saturated rings. The Hall–Kier alpha value is -4.64. The van der Waals surface area contributed by atoms with Gasteiger partial charge in [0.1, 0.15) is 5.54 Å². The quantitative estimate of drug-likeness (QED) is 0.222. The van der Waals surface area contributed by atoms with Gasteiger partial charge in [-0.3, -0.25) is 9.78 Å². The first-order valence-corrected chi connectivity index (χ1v) is 13.8. The molecule has 8 nitrogen and oxygen atoms in total. The minimum Gasteiger partial charge on any atom is -0.361 e. The molecule has 2 heterocycles. The fourth-order valence-electron chi connectivity index (χ4n) is 5.64. The Morgan fingerprint density at radius 1 is 1.05 bits per heavy atom. The molecule has 4 aromatic rings. The predicted molar refractivity (Wildman–Crippen MR) is 155 cm³/mol. The van der Waals surface area contributed by atoms with Crippen molar-refractivity contribution in [3.05, 3.63) is 95.9 Å². The van der Waals surface area contributed by atoms with Crippen LogP contribution in [-0.2, 0) is 11.2 Å². The first-order valence-electron chi connectivity index (χ1n) is 13.8. The van der Waals surface area contributed by atoms with Crippen LogP contribution in [0.5, 0.6) is 0 Å². The van der Waals surface area contributed by atoms with E-state index in [0.717, 1.165) is 47.8 Å². The Morgan fingerprint density at radius 3 is 2.52 bits per heavy atom. The van der Waals surface area contributed by atoms with Crippen LogP contribution in [0, 0.1) is 17.2 Å². The smallest absolute Gasteiger partial charge is 0.320 e. The van der Waals surface area contributed by atoms with E-state index in [4.69, 9.17) is 5.26 Å². The minimum absolute atomic E-state index is 0.250. The van der Waals surface area contributed by atoms with Gasteiger partial charge in [-0.1, -0.05) is 43.5 Å². The second kappa shape index (κ2) is 12.0. The number of nitriles is 1. The van der Waals surface area contributed by atoms with E-state index >= 15 is 0 Å². The van der Waals surface area contributed by atoms with Crippen molar-refractivity contribution in [2.75, 3.05) is 5.32 Å². The van der Waals surface area contributed by atoms with Crippen LogP contribution in [0.2, 0.25) is 0 Å². The summed E-state index contributed by atoms with van der Waals surface area (Å²) >= 11 is 0. The third-order valence-corrected chi connectivity index (χ3v) is 7.80. The molecule has 1 saturated carbocycles. The van der Waals surface area contributed by atoms with Crippen LogP contribution in [0.1, 0.15) is 61.9 Å². The topological polar surface area (TPSA) is 123 Å². The maximum Gasteiger partial charge on any atom is 0.320 e. The van der Waals surface area contributed by atoms with Crippen LogP contribution in [0.4, 0.5) is 10.5 Å². The van der Waals surface area contributed by atoms with Crippen molar-refractivity contribution in [3.63, 3.8) is 0 Å². The number of benzene rings is 2. The van der Waals surface area contributed by atoms with Gasteiger partial charge in [0.25, 0.3) is 0 Å². The maximum absolute atomic E-state index is 14.2. The number of fused-ring (bicyclic) bond motifs is 1. The highest BCUT2D eigenvalue weighted by molar-refractivity contribution is 5.96. The fraction of sp³-hybridized carbons (Fsp3) is 0.312. The number of nitrogens with one attached hydrogen (secondary N) is 4. The third-order valence-electron chi connectivity index (χ3n) is 7.80. The molecule has 0 saturated heterocycles. The molecule has 8 heteroatoms. The van der Waals surface area contributed by atoms with Crippen LogP contribution in [0.3, 0.4) is 0 Å². The van der Waals surface area contributed by atoms with Crippen molar-refractivity contribution < 1.29 is 9.59 Å². The number of hydrogen-bond acceptors (Lipinski definition) is 4. The number of anilines is 1. The average Bonchev–Trinajstić information content (AvgIpc) is 3.39. The van der Waals surface area contributed by atoms with E-state index in [9.17, 15) is 9.59 Å². The zero-order chi connectivity index (χ0) is 28.0. The molecule has 3 amide bonds. The lowest BCUT2D eigenvalue weighted by Gasteiger charge is -2.35. The summed E-state index contributed by atoms with van der Waals surface area (Å²) < 4.78 is 0. The van der Waals surface area contributed by atoms with E-state index in [1.165, 1.54) is 6.42 Å². The second-order valence-electron chi connectivity index (χ2n) is 10.7. The number of H-pyrrole nitrogens is 1. The van der Waals surface area contributed by atoms with Crippen molar-refractivity contribution in [3.8, 4) is 6.07 Å². The Morgan fingerprint density at radius 2 is 1.80 bits per heavy atom. The van der Waals surface area contributed by atoms with Gasteiger partial charge in [-0.05, 0) is 73.7 Å². The number of aromatic nitrogens is 2. The Kier molecular flexibility index (Phi) is 8.11. The van der Waals surface area contributed by atoms with E-state index in [1.54, 1.807) is 37.4 Å². The van der Waals surface area contributed by atoms with Crippen LogP contribution in [0.25, 0.3) is 10.9 Å². The molecule has 2 aromatic heterocycles. The summed E-state index contributed by atoms with van der Waals surface area (Å²) in [7, 11) is 0. The van der Waals surface area contributed by atoms with Crippen molar-refractivity contribution in [1.82, 2.24) is 20.6 Å². The standard InChI is InChI=1S/C32H34N6O2/c1-32(19-24-21-35-27-12-6-5-11-26(24)27,38-31(40)36-25-16-14-22(20-33)15-17-25)30(39)37-29(23-9-3-2-4-10-23)28-13-7-8-18-34-28/h5-8,11-18,21,23,29,35H,2-4,9-10,19H2,1H3,(H,37,39)(H2,36,38,40). The van der Waals surface area contributed by atoms with Crippen molar-refractivity contribution in [2.24, 2.45) is 5.92 Å². The number of urea groups is 1. The van der Waals surface area contributed by atoms with Gasteiger partial charge in [-0.2, -0.15) is 5.26 Å². The Balaban J connectivity index is 1.43. The molecule has 0 bridgehead atoms. The van der Waals surface area contributed by atoms with Gasteiger partial charge in [-0.25, -0.2) is 4.79 Å². The van der Waals surface area contributed by atoms with E-state index < -0.39 is 11.6 Å². The zero-order valence-corrected chi connectivity index (χ0v) is 22.6. The van der Waals surface area contributed by atoms with Gasteiger partial charge < -0.3 is 20.9 Å². The molecule has 0 radical (unpaired) electrons. The van der Waals surface area contributed by atoms with E-state index in [2.05, 4.69) is 32.0 Å². The molecular weight excluding hydrogens is 500 g/mol. The highest BCUT2D eigenvalue weighted by atomic mass is 16.2. The molecule has 1 aliphatic rings. The van der Waals surface area contributed by atoms with Crippen molar-refractivity contribution in [1.29, 1.82) is 5.26 Å². The number of amides is 3. The number of pyridine rings is 1. The van der Waals surface area contributed by atoms with Gasteiger partial charge in [0.05, 0.1) is 23.4 Å². The van der Waals surface area contributed by atoms with Crippen LogP contribution >= 0.6 is 0 Å². The largest absolute Gasteiger partial charge is 0.361 e. The molecule has 0 spiro atoms. The van der Waals surface area contributed by atoms with E-state index in [0.29, 0.717) is 11.3 Å². The summed E-state index contributed by atoms with van der Waals surface area (Å²) in [5, 5.41) is 19.2. The number of carbonyl (C=O) groups excluding carboxylic acids is 2. The molecule has 2 unspecified atom stereocenters. The highest BCUT2D eigenvalue weighted by Gasteiger charge is 2.39. The molecule has 1 aliphatic carbocycles. The number of aromatic amines is 1. The van der Waals surface area contributed by atoms with Crippen LogP contribution in [-0.4, -0.2) is 27.4 Å². The van der Waals surface area contributed by atoms with Gasteiger partial charge >= 0.3 is 6.03 Å². The number of rotatable bonds is 8. The highest BCUT2D eigenvalue weighted by Crippen LogP contribution is 2.34. The van der Waals surface area contributed by atoms with E-state index in [-0.39, 0.29) is 24.3 Å². The fourth-order valence-corrected chi connectivity index (χ4v) is 5.64. The summed E-state index contributed by atoms with van der Waals surface area (Å²) in [6.45, 7) is 1.76. The normalized spacial score (nSPS) is 15.9. The molecule has 4 N–H and O–H groups in total. The van der Waals surface area contributed by atoms with Gasteiger partial charge in [-0.15, -0.1) is 0 Å². The lowest BCUT2D eigenvalue weighted by Crippen LogP contribution is -2.60. The van der Waals surface area contributed by atoms with Crippen LogP contribution in [0.15, 0.2) is 79.1 Å². The molecule has 40 heavy (non-hydrogen) atoms. The minimum atomic E-state index is -1.27. The lowest BCUT2D eigenvalue weighted by molar-refractivity contribution is -0.128. The maximum atomic E-state index is 14.2. The summed E-state index contributed by atoms with van der Waals surface area (Å²) in [6, 6.07) is 21.6.